The zero-order chi connectivity index (χ0) is 19.5. The molecule has 5 nitrogen and oxygen atoms in total. The van der Waals surface area contributed by atoms with Crippen molar-refractivity contribution >= 4 is 27.4 Å². The molecule has 4 aromatic heterocycles. The van der Waals surface area contributed by atoms with Gasteiger partial charge < -0.3 is 5.32 Å². The number of benzene rings is 1. The summed E-state index contributed by atoms with van der Waals surface area (Å²) in [5.74, 6) is 1.42. The van der Waals surface area contributed by atoms with Gasteiger partial charge in [0.15, 0.2) is 5.82 Å². The van der Waals surface area contributed by atoms with E-state index in [1.54, 1.807) is 23.7 Å². The van der Waals surface area contributed by atoms with E-state index in [0.29, 0.717) is 12.4 Å². The van der Waals surface area contributed by atoms with Gasteiger partial charge in [-0.1, -0.05) is 42.5 Å². The number of nitrogens with one attached hydrogen (secondary N) is 1. The van der Waals surface area contributed by atoms with Crippen molar-refractivity contribution in [2.75, 3.05) is 5.32 Å². The molecule has 0 radical (unpaired) electrons. The van der Waals surface area contributed by atoms with Crippen LogP contribution in [0.5, 0.6) is 0 Å². The molecule has 1 aromatic carbocycles. The molecule has 4 heterocycles. The number of fused-ring (bicyclic) bond motifs is 1. The summed E-state index contributed by atoms with van der Waals surface area (Å²) in [6.45, 7) is 0.678. The maximum atomic E-state index is 4.85. The van der Waals surface area contributed by atoms with E-state index >= 15 is 0 Å². The number of rotatable bonds is 5. The quantitative estimate of drug-likeness (QED) is 0.430. The first-order valence-corrected chi connectivity index (χ1v) is 10.2. The number of pyridine rings is 2. The minimum absolute atomic E-state index is 0.619. The summed E-state index contributed by atoms with van der Waals surface area (Å²) < 4.78 is 0. The molecule has 1 N–H and O–H groups in total. The van der Waals surface area contributed by atoms with Crippen LogP contribution in [0.4, 0.5) is 5.82 Å². The van der Waals surface area contributed by atoms with Crippen LogP contribution in [0.3, 0.4) is 0 Å². The number of aromatic nitrogens is 4. The molecule has 0 atom stereocenters. The van der Waals surface area contributed by atoms with Crippen molar-refractivity contribution in [2.45, 2.75) is 6.54 Å². The van der Waals surface area contributed by atoms with Crippen molar-refractivity contribution in [3.05, 3.63) is 90.2 Å². The molecule has 6 heteroatoms. The molecular formula is C23H17N5S. The maximum absolute atomic E-state index is 4.85. The third kappa shape index (κ3) is 3.58. The van der Waals surface area contributed by atoms with E-state index in [1.807, 2.05) is 48.7 Å². The summed E-state index contributed by atoms with van der Waals surface area (Å²) in [5, 5.41) is 6.65. The predicted octanol–water partition coefficient (Wildman–Crippen LogP) is 5.43. The van der Waals surface area contributed by atoms with E-state index in [-0.39, 0.29) is 0 Å². The minimum atomic E-state index is 0.619. The first-order chi connectivity index (χ1) is 14.4. The molecule has 0 spiro atoms. The molecule has 140 valence electrons. The van der Waals surface area contributed by atoms with E-state index < -0.39 is 0 Å². The Labute approximate surface area is 172 Å². The van der Waals surface area contributed by atoms with Crippen molar-refractivity contribution in [3.63, 3.8) is 0 Å². The van der Waals surface area contributed by atoms with Crippen LogP contribution in [0.2, 0.25) is 0 Å². The average molecular weight is 395 g/mol. The summed E-state index contributed by atoms with van der Waals surface area (Å²) in [6, 6.07) is 20.1. The molecule has 0 saturated carbocycles. The van der Waals surface area contributed by atoms with Crippen molar-refractivity contribution in [2.24, 2.45) is 0 Å². The lowest BCUT2D eigenvalue weighted by Gasteiger charge is -2.11. The molecule has 5 rings (SSSR count). The van der Waals surface area contributed by atoms with Gasteiger partial charge >= 0.3 is 0 Å². The lowest BCUT2D eigenvalue weighted by Crippen LogP contribution is -2.04. The van der Waals surface area contributed by atoms with E-state index in [4.69, 9.17) is 9.97 Å². The molecule has 0 aliphatic carbocycles. The van der Waals surface area contributed by atoms with Gasteiger partial charge in [0.2, 0.25) is 0 Å². The second-order valence-electron chi connectivity index (χ2n) is 6.52. The van der Waals surface area contributed by atoms with Gasteiger partial charge in [-0.05, 0) is 23.8 Å². The topological polar surface area (TPSA) is 63.6 Å². The van der Waals surface area contributed by atoms with Crippen LogP contribution in [0, 0.1) is 0 Å². The highest BCUT2D eigenvalue weighted by atomic mass is 32.1. The first-order valence-electron chi connectivity index (χ1n) is 9.27. The largest absolute Gasteiger partial charge is 0.365 e. The number of anilines is 1. The summed E-state index contributed by atoms with van der Waals surface area (Å²) in [6.07, 6.45) is 5.41. The Balaban J connectivity index is 1.64. The van der Waals surface area contributed by atoms with Crippen LogP contribution in [0.15, 0.2) is 84.6 Å². The molecule has 0 aliphatic rings. The van der Waals surface area contributed by atoms with Gasteiger partial charge in [-0.3, -0.25) is 9.97 Å². The summed E-state index contributed by atoms with van der Waals surface area (Å²) in [7, 11) is 0. The number of thiophene rings is 1. The Morgan fingerprint density at radius 2 is 1.76 bits per heavy atom. The standard InChI is InChI=1S/C23H17N5S/c1-2-7-16(8-3-1)13-26-22-20-18(17-9-6-11-24-14-17)15-29-23(20)28-21(27-22)19-10-4-5-12-25-19/h1-12,14-15H,13H2,(H,26,27,28). The smallest absolute Gasteiger partial charge is 0.181 e. The van der Waals surface area contributed by atoms with Crippen molar-refractivity contribution in [3.8, 4) is 22.6 Å². The van der Waals surface area contributed by atoms with Gasteiger partial charge in [-0.25, -0.2) is 9.97 Å². The molecule has 0 unspecified atom stereocenters. The third-order valence-electron chi connectivity index (χ3n) is 4.60. The Kier molecular flexibility index (Phi) is 4.68. The molecule has 0 aliphatic heterocycles. The highest BCUT2D eigenvalue weighted by Gasteiger charge is 2.16. The molecular weight excluding hydrogens is 378 g/mol. The first kappa shape index (κ1) is 17.5. The van der Waals surface area contributed by atoms with Gasteiger partial charge in [0.1, 0.15) is 16.3 Å². The molecule has 5 aromatic rings. The fraction of sp³-hybridized carbons (Fsp3) is 0.0435. The highest BCUT2D eigenvalue weighted by molar-refractivity contribution is 7.17. The Bertz CT molecular complexity index is 1240. The summed E-state index contributed by atoms with van der Waals surface area (Å²) >= 11 is 1.61. The summed E-state index contributed by atoms with van der Waals surface area (Å²) in [4.78, 5) is 19.3. The lowest BCUT2D eigenvalue weighted by molar-refractivity contribution is 1.10. The van der Waals surface area contributed by atoms with Crippen LogP contribution < -0.4 is 5.32 Å². The second kappa shape index (κ2) is 7.77. The monoisotopic (exact) mass is 395 g/mol. The normalized spacial score (nSPS) is 10.9. The summed E-state index contributed by atoms with van der Waals surface area (Å²) in [5.41, 5.74) is 4.09. The van der Waals surface area contributed by atoms with Crippen LogP contribution in [0.25, 0.3) is 32.9 Å². The van der Waals surface area contributed by atoms with Gasteiger partial charge in [0, 0.05) is 41.6 Å². The van der Waals surface area contributed by atoms with Crippen molar-refractivity contribution in [1.82, 2.24) is 19.9 Å². The van der Waals surface area contributed by atoms with Crippen molar-refractivity contribution < 1.29 is 0 Å². The number of hydrogen-bond acceptors (Lipinski definition) is 6. The van der Waals surface area contributed by atoms with E-state index in [1.165, 1.54) is 5.56 Å². The molecule has 29 heavy (non-hydrogen) atoms. The fourth-order valence-corrected chi connectivity index (χ4v) is 4.14. The fourth-order valence-electron chi connectivity index (χ4n) is 3.20. The zero-order valence-corrected chi connectivity index (χ0v) is 16.3. The van der Waals surface area contributed by atoms with Crippen LogP contribution in [-0.4, -0.2) is 19.9 Å². The molecule has 0 fully saturated rings. The van der Waals surface area contributed by atoms with Gasteiger partial charge in [0.05, 0.1) is 5.39 Å². The highest BCUT2D eigenvalue weighted by Crippen LogP contribution is 2.37. The van der Waals surface area contributed by atoms with Crippen molar-refractivity contribution in [1.29, 1.82) is 0 Å². The van der Waals surface area contributed by atoms with Gasteiger partial charge in [-0.15, -0.1) is 11.3 Å². The second-order valence-corrected chi connectivity index (χ2v) is 7.38. The molecule has 0 bridgehead atoms. The molecule has 0 amide bonds. The number of nitrogens with zero attached hydrogens (tertiary/aromatic N) is 4. The van der Waals surface area contributed by atoms with E-state index in [0.717, 1.165) is 32.9 Å². The maximum Gasteiger partial charge on any atom is 0.181 e. The average Bonchev–Trinajstić information content (AvgIpc) is 3.24. The third-order valence-corrected chi connectivity index (χ3v) is 5.48. The minimum Gasteiger partial charge on any atom is -0.365 e. The Morgan fingerprint density at radius 3 is 2.55 bits per heavy atom. The Hall–Kier alpha value is -3.64. The molecule has 0 saturated heterocycles. The van der Waals surface area contributed by atoms with E-state index in [2.05, 4.69) is 38.9 Å². The van der Waals surface area contributed by atoms with Gasteiger partial charge in [-0.2, -0.15) is 0 Å². The Morgan fingerprint density at radius 1 is 0.862 bits per heavy atom. The predicted molar refractivity (Wildman–Crippen MR) is 118 cm³/mol. The SMILES string of the molecule is c1ccc(CNc2nc(-c3ccccn3)nc3scc(-c4cccnc4)c23)cc1. The van der Waals surface area contributed by atoms with Crippen LogP contribution in [-0.2, 0) is 6.54 Å². The van der Waals surface area contributed by atoms with E-state index in [9.17, 15) is 0 Å². The lowest BCUT2D eigenvalue weighted by atomic mass is 10.1. The zero-order valence-electron chi connectivity index (χ0n) is 15.5. The van der Waals surface area contributed by atoms with Crippen LogP contribution >= 0.6 is 11.3 Å². The number of hydrogen-bond donors (Lipinski definition) is 1. The van der Waals surface area contributed by atoms with Gasteiger partial charge in [0.25, 0.3) is 0 Å². The van der Waals surface area contributed by atoms with Crippen LogP contribution in [0.1, 0.15) is 5.56 Å².